The average Bonchev–Trinajstić information content (AvgIpc) is 3.12. The predicted molar refractivity (Wildman–Crippen MR) is 95.7 cm³/mol. The quantitative estimate of drug-likeness (QED) is 0.797. The Kier molecular flexibility index (Phi) is 4.06. The van der Waals surface area contributed by atoms with Crippen LogP contribution in [0.1, 0.15) is 33.6 Å². The number of amides is 1. The van der Waals surface area contributed by atoms with E-state index in [1.165, 1.54) is 0 Å². The number of nitrogens with one attached hydrogen (secondary N) is 1. The van der Waals surface area contributed by atoms with Gasteiger partial charge in [0, 0.05) is 29.9 Å². The molecule has 1 aliphatic rings. The number of fused-ring (bicyclic) bond motifs is 2. The highest BCUT2D eigenvalue weighted by Crippen LogP contribution is 2.29. The molecule has 4 rings (SSSR count). The molecule has 1 aliphatic carbocycles. The first-order valence-electron chi connectivity index (χ1n) is 8.44. The van der Waals surface area contributed by atoms with Gasteiger partial charge in [-0.15, -0.1) is 0 Å². The maximum atomic E-state index is 12.9. The number of methoxy groups -OCH3 is 1. The van der Waals surface area contributed by atoms with Gasteiger partial charge in [0.05, 0.1) is 18.2 Å². The number of hydrogen-bond donors (Lipinski definition) is 1. The normalized spacial score (nSPS) is 12.8. The maximum Gasteiger partial charge on any atom is 0.252 e. The maximum absolute atomic E-state index is 12.9. The standard InChI is InChI=1S/C20H19N3O2/c1-25-18-10-9-13(11-21-18)12-22-20(24)19-14-5-2-3-7-16(14)23-17-8-4-6-15(17)19/h2-3,5,7,9-11H,4,6,8,12H2,1H3,(H,22,24). The molecule has 1 amide bonds. The number of hydrogen-bond acceptors (Lipinski definition) is 4. The van der Waals surface area contributed by atoms with Crippen molar-refractivity contribution in [2.75, 3.05) is 7.11 Å². The highest BCUT2D eigenvalue weighted by atomic mass is 16.5. The number of rotatable bonds is 4. The number of pyridine rings is 2. The number of ether oxygens (including phenoxy) is 1. The second kappa shape index (κ2) is 6.51. The molecule has 2 aromatic heterocycles. The van der Waals surface area contributed by atoms with Crippen LogP contribution in [0.5, 0.6) is 5.88 Å². The van der Waals surface area contributed by atoms with Crippen LogP contribution >= 0.6 is 0 Å². The molecule has 0 spiro atoms. The summed E-state index contributed by atoms with van der Waals surface area (Å²) in [5.41, 5.74) is 4.77. The molecule has 5 heteroatoms. The highest BCUT2D eigenvalue weighted by molar-refractivity contribution is 6.07. The van der Waals surface area contributed by atoms with Gasteiger partial charge < -0.3 is 10.1 Å². The molecule has 0 radical (unpaired) electrons. The smallest absolute Gasteiger partial charge is 0.252 e. The molecule has 2 heterocycles. The molecule has 3 aromatic rings. The number of nitrogens with zero attached hydrogens (tertiary/aromatic N) is 2. The Morgan fingerprint density at radius 2 is 2.08 bits per heavy atom. The minimum atomic E-state index is -0.0485. The van der Waals surface area contributed by atoms with Crippen LogP contribution in [0.4, 0.5) is 0 Å². The lowest BCUT2D eigenvalue weighted by Crippen LogP contribution is -2.24. The molecule has 0 aliphatic heterocycles. The number of carbonyl (C=O) groups excluding carboxylic acids is 1. The van der Waals surface area contributed by atoms with E-state index in [0.717, 1.165) is 52.5 Å². The minimum absolute atomic E-state index is 0.0485. The topological polar surface area (TPSA) is 64.1 Å². The van der Waals surface area contributed by atoms with Crippen LogP contribution in [0.15, 0.2) is 42.6 Å². The van der Waals surface area contributed by atoms with Crippen LogP contribution in [-0.2, 0) is 19.4 Å². The first kappa shape index (κ1) is 15.6. The Hall–Kier alpha value is -2.95. The van der Waals surface area contributed by atoms with E-state index in [-0.39, 0.29) is 5.91 Å². The number of aryl methyl sites for hydroxylation is 1. The zero-order chi connectivity index (χ0) is 17.2. The van der Waals surface area contributed by atoms with Crippen LogP contribution in [0, 0.1) is 0 Å². The third kappa shape index (κ3) is 2.93. The van der Waals surface area contributed by atoms with Crippen LogP contribution in [0.25, 0.3) is 10.9 Å². The van der Waals surface area contributed by atoms with Crippen LogP contribution in [0.3, 0.4) is 0 Å². The minimum Gasteiger partial charge on any atom is -0.481 e. The summed E-state index contributed by atoms with van der Waals surface area (Å²) < 4.78 is 5.06. The van der Waals surface area contributed by atoms with E-state index in [0.29, 0.717) is 12.4 Å². The fourth-order valence-corrected chi connectivity index (χ4v) is 3.38. The summed E-state index contributed by atoms with van der Waals surface area (Å²) in [5, 5.41) is 3.95. The lowest BCUT2D eigenvalue weighted by molar-refractivity contribution is 0.0951. The summed E-state index contributed by atoms with van der Waals surface area (Å²) in [6.07, 6.45) is 4.64. The number of para-hydroxylation sites is 1. The SMILES string of the molecule is COc1ccc(CNC(=O)c2c3c(nc4ccccc24)CCC3)cn1. The molecule has 25 heavy (non-hydrogen) atoms. The molecular formula is C20H19N3O2. The Morgan fingerprint density at radius 3 is 2.88 bits per heavy atom. The first-order valence-corrected chi connectivity index (χ1v) is 8.44. The molecule has 1 N–H and O–H groups in total. The van der Waals surface area contributed by atoms with Crippen molar-refractivity contribution in [3.8, 4) is 5.88 Å². The summed E-state index contributed by atoms with van der Waals surface area (Å²) in [6, 6.07) is 11.6. The number of aromatic nitrogens is 2. The van der Waals surface area contributed by atoms with Gasteiger partial charge in [-0.3, -0.25) is 9.78 Å². The first-order chi connectivity index (χ1) is 12.3. The summed E-state index contributed by atoms with van der Waals surface area (Å²) in [5.74, 6) is 0.514. The molecule has 0 saturated carbocycles. The van der Waals surface area contributed by atoms with Gasteiger partial charge in [0.1, 0.15) is 0 Å². The summed E-state index contributed by atoms with van der Waals surface area (Å²) in [6.45, 7) is 0.432. The van der Waals surface area contributed by atoms with Gasteiger partial charge in [-0.1, -0.05) is 24.3 Å². The van der Waals surface area contributed by atoms with Crippen molar-refractivity contribution < 1.29 is 9.53 Å². The van der Waals surface area contributed by atoms with E-state index in [1.807, 2.05) is 30.3 Å². The molecule has 126 valence electrons. The van der Waals surface area contributed by atoms with Crippen LogP contribution < -0.4 is 10.1 Å². The van der Waals surface area contributed by atoms with Gasteiger partial charge in [-0.2, -0.15) is 0 Å². The molecule has 0 fully saturated rings. The Bertz CT molecular complexity index is 936. The van der Waals surface area contributed by atoms with Gasteiger partial charge in [0.2, 0.25) is 5.88 Å². The van der Waals surface area contributed by atoms with Gasteiger partial charge in [-0.25, -0.2) is 4.98 Å². The number of benzene rings is 1. The molecular weight excluding hydrogens is 314 g/mol. The van der Waals surface area contributed by atoms with E-state index >= 15 is 0 Å². The van der Waals surface area contributed by atoms with Crippen molar-refractivity contribution in [2.45, 2.75) is 25.8 Å². The number of carbonyl (C=O) groups is 1. The van der Waals surface area contributed by atoms with E-state index in [1.54, 1.807) is 19.4 Å². The molecule has 0 saturated heterocycles. The van der Waals surface area contributed by atoms with Gasteiger partial charge in [0.25, 0.3) is 5.91 Å². The van der Waals surface area contributed by atoms with Gasteiger partial charge >= 0.3 is 0 Å². The Morgan fingerprint density at radius 1 is 1.20 bits per heavy atom. The lowest BCUT2D eigenvalue weighted by atomic mass is 10.0. The summed E-state index contributed by atoms with van der Waals surface area (Å²) in [4.78, 5) is 21.8. The summed E-state index contributed by atoms with van der Waals surface area (Å²) >= 11 is 0. The predicted octanol–water partition coefficient (Wildman–Crippen LogP) is 3.06. The van der Waals surface area contributed by atoms with Crippen molar-refractivity contribution in [2.24, 2.45) is 0 Å². The molecule has 0 unspecified atom stereocenters. The van der Waals surface area contributed by atoms with Crippen LogP contribution in [-0.4, -0.2) is 23.0 Å². The summed E-state index contributed by atoms with van der Waals surface area (Å²) in [7, 11) is 1.58. The second-order valence-corrected chi connectivity index (χ2v) is 6.17. The third-order valence-corrected chi connectivity index (χ3v) is 4.61. The largest absolute Gasteiger partial charge is 0.481 e. The van der Waals surface area contributed by atoms with Gasteiger partial charge in [0.15, 0.2) is 0 Å². The fourth-order valence-electron chi connectivity index (χ4n) is 3.38. The second-order valence-electron chi connectivity index (χ2n) is 6.17. The van der Waals surface area contributed by atoms with Crippen molar-refractivity contribution in [1.82, 2.24) is 15.3 Å². The van der Waals surface area contributed by atoms with E-state index in [2.05, 4.69) is 10.3 Å². The van der Waals surface area contributed by atoms with Crippen molar-refractivity contribution in [3.63, 3.8) is 0 Å². The fraction of sp³-hybridized carbons (Fsp3) is 0.250. The zero-order valence-electron chi connectivity index (χ0n) is 14.1. The molecule has 0 bridgehead atoms. The van der Waals surface area contributed by atoms with Crippen LogP contribution in [0.2, 0.25) is 0 Å². The molecule has 0 atom stereocenters. The lowest BCUT2D eigenvalue weighted by Gasteiger charge is -2.13. The van der Waals surface area contributed by atoms with Crippen molar-refractivity contribution in [3.05, 3.63) is 65.0 Å². The Labute approximate surface area is 146 Å². The highest BCUT2D eigenvalue weighted by Gasteiger charge is 2.23. The van der Waals surface area contributed by atoms with E-state index in [4.69, 9.17) is 9.72 Å². The van der Waals surface area contributed by atoms with Crippen molar-refractivity contribution >= 4 is 16.8 Å². The van der Waals surface area contributed by atoms with E-state index < -0.39 is 0 Å². The third-order valence-electron chi connectivity index (χ3n) is 4.61. The van der Waals surface area contributed by atoms with E-state index in [9.17, 15) is 4.79 Å². The molecule has 5 nitrogen and oxygen atoms in total. The van der Waals surface area contributed by atoms with Crippen molar-refractivity contribution in [1.29, 1.82) is 0 Å². The Balaban J connectivity index is 1.63. The zero-order valence-corrected chi connectivity index (χ0v) is 14.1. The molecule has 1 aromatic carbocycles. The monoisotopic (exact) mass is 333 g/mol. The van der Waals surface area contributed by atoms with Gasteiger partial charge in [-0.05, 0) is 36.5 Å². The average molecular weight is 333 g/mol.